The number of nitrogens with one attached hydrogen (secondary N) is 2. The van der Waals surface area contributed by atoms with Crippen molar-refractivity contribution in [2.75, 3.05) is 12.4 Å². The van der Waals surface area contributed by atoms with Crippen molar-refractivity contribution in [3.63, 3.8) is 0 Å². The summed E-state index contributed by atoms with van der Waals surface area (Å²) in [6.45, 7) is 1.92. The largest absolute Gasteiger partial charge is 0.379 e. The standard InChI is InChI=1S/C15H23N3O2/c1-10(16)11-5-3-6-12(9-11)17-15(19)18-13-7-4-8-14(13)20-2/h3,5-6,9-10,13-14H,4,7-8,16H2,1-2H3,(H2,17,18,19). The number of hydrogen-bond donors (Lipinski definition) is 3. The lowest BCUT2D eigenvalue weighted by molar-refractivity contribution is 0.0882. The minimum atomic E-state index is -0.194. The van der Waals surface area contributed by atoms with Gasteiger partial charge >= 0.3 is 6.03 Å². The molecule has 3 atom stereocenters. The van der Waals surface area contributed by atoms with Crippen LogP contribution in [0.1, 0.15) is 37.8 Å². The monoisotopic (exact) mass is 277 g/mol. The van der Waals surface area contributed by atoms with Gasteiger partial charge in [0.05, 0.1) is 12.1 Å². The van der Waals surface area contributed by atoms with E-state index in [0.29, 0.717) is 0 Å². The quantitative estimate of drug-likeness (QED) is 0.791. The highest BCUT2D eigenvalue weighted by atomic mass is 16.5. The Kier molecular flexibility index (Phi) is 4.98. The normalized spacial score (nSPS) is 23.4. The van der Waals surface area contributed by atoms with Crippen LogP contribution >= 0.6 is 0 Å². The van der Waals surface area contributed by atoms with Crippen LogP contribution in [0.5, 0.6) is 0 Å². The number of urea groups is 1. The highest BCUT2D eigenvalue weighted by Gasteiger charge is 2.28. The van der Waals surface area contributed by atoms with E-state index >= 15 is 0 Å². The predicted octanol–water partition coefficient (Wildman–Crippen LogP) is 2.40. The van der Waals surface area contributed by atoms with Gasteiger partial charge in [-0.15, -0.1) is 0 Å². The molecule has 1 aromatic rings. The number of methoxy groups -OCH3 is 1. The average Bonchev–Trinajstić information content (AvgIpc) is 2.86. The van der Waals surface area contributed by atoms with Gasteiger partial charge in [-0.2, -0.15) is 0 Å². The molecule has 0 heterocycles. The van der Waals surface area contributed by atoms with Crippen LogP contribution in [0.2, 0.25) is 0 Å². The van der Waals surface area contributed by atoms with Crippen LogP contribution in [-0.4, -0.2) is 25.3 Å². The van der Waals surface area contributed by atoms with Crippen molar-refractivity contribution in [1.82, 2.24) is 5.32 Å². The van der Waals surface area contributed by atoms with E-state index in [0.717, 1.165) is 30.5 Å². The van der Waals surface area contributed by atoms with Crippen LogP contribution in [0.4, 0.5) is 10.5 Å². The fraction of sp³-hybridized carbons (Fsp3) is 0.533. The van der Waals surface area contributed by atoms with Crippen molar-refractivity contribution in [2.45, 2.75) is 44.4 Å². The number of ether oxygens (including phenoxy) is 1. The van der Waals surface area contributed by atoms with Crippen LogP contribution in [0.3, 0.4) is 0 Å². The number of rotatable bonds is 4. The SMILES string of the molecule is COC1CCCC1NC(=O)Nc1cccc(C(C)N)c1. The molecule has 1 saturated carbocycles. The van der Waals surface area contributed by atoms with Gasteiger partial charge in [0, 0.05) is 18.8 Å². The Morgan fingerprint density at radius 3 is 2.95 bits per heavy atom. The minimum absolute atomic E-state index is 0.0486. The molecule has 110 valence electrons. The molecule has 5 nitrogen and oxygen atoms in total. The molecule has 0 aromatic heterocycles. The molecule has 3 unspecified atom stereocenters. The molecule has 2 amide bonds. The lowest BCUT2D eigenvalue weighted by atomic mass is 10.1. The molecule has 0 radical (unpaired) electrons. The zero-order valence-corrected chi connectivity index (χ0v) is 12.1. The topological polar surface area (TPSA) is 76.4 Å². The molecule has 0 aliphatic heterocycles. The van der Waals surface area contributed by atoms with Crippen LogP contribution < -0.4 is 16.4 Å². The summed E-state index contributed by atoms with van der Waals surface area (Å²) in [5.74, 6) is 0. The fourth-order valence-electron chi connectivity index (χ4n) is 2.61. The molecular formula is C15H23N3O2. The Bertz CT molecular complexity index is 462. The van der Waals surface area contributed by atoms with E-state index in [1.807, 2.05) is 31.2 Å². The van der Waals surface area contributed by atoms with E-state index in [-0.39, 0.29) is 24.2 Å². The minimum Gasteiger partial charge on any atom is -0.379 e. The van der Waals surface area contributed by atoms with Gasteiger partial charge in [-0.1, -0.05) is 12.1 Å². The molecule has 0 bridgehead atoms. The van der Waals surface area contributed by atoms with Crippen molar-refractivity contribution < 1.29 is 9.53 Å². The van der Waals surface area contributed by atoms with Gasteiger partial charge in [-0.05, 0) is 43.9 Å². The number of amides is 2. The predicted molar refractivity (Wildman–Crippen MR) is 79.6 cm³/mol. The molecule has 0 spiro atoms. The van der Waals surface area contributed by atoms with E-state index < -0.39 is 0 Å². The third kappa shape index (κ3) is 3.71. The van der Waals surface area contributed by atoms with E-state index in [1.165, 1.54) is 0 Å². The zero-order chi connectivity index (χ0) is 14.5. The molecule has 1 aliphatic carbocycles. The first-order valence-electron chi connectivity index (χ1n) is 7.06. The van der Waals surface area contributed by atoms with Crippen LogP contribution in [0.25, 0.3) is 0 Å². The lowest BCUT2D eigenvalue weighted by Gasteiger charge is -2.20. The third-order valence-corrected chi connectivity index (χ3v) is 3.74. The molecule has 5 heteroatoms. The fourth-order valence-corrected chi connectivity index (χ4v) is 2.61. The Hall–Kier alpha value is -1.59. The maximum Gasteiger partial charge on any atom is 0.319 e. The highest BCUT2D eigenvalue weighted by Crippen LogP contribution is 2.21. The third-order valence-electron chi connectivity index (χ3n) is 3.74. The molecule has 1 aromatic carbocycles. The Labute approximate surface area is 119 Å². The number of benzene rings is 1. The van der Waals surface area contributed by atoms with Gasteiger partial charge in [-0.3, -0.25) is 0 Å². The number of carbonyl (C=O) groups excluding carboxylic acids is 1. The summed E-state index contributed by atoms with van der Waals surface area (Å²) >= 11 is 0. The Morgan fingerprint density at radius 2 is 2.25 bits per heavy atom. The molecule has 2 rings (SSSR count). The van der Waals surface area contributed by atoms with Crippen molar-refractivity contribution >= 4 is 11.7 Å². The second kappa shape index (κ2) is 6.72. The van der Waals surface area contributed by atoms with E-state index in [4.69, 9.17) is 10.5 Å². The van der Waals surface area contributed by atoms with Gasteiger partial charge in [0.2, 0.25) is 0 Å². The average molecular weight is 277 g/mol. The van der Waals surface area contributed by atoms with Crippen molar-refractivity contribution in [3.8, 4) is 0 Å². The molecule has 1 fully saturated rings. The van der Waals surface area contributed by atoms with E-state index in [2.05, 4.69) is 10.6 Å². The van der Waals surface area contributed by atoms with Crippen LogP contribution in [0, 0.1) is 0 Å². The van der Waals surface area contributed by atoms with E-state index in [9.17, 15) is 4.79 Å². The second-order valence-electron chi connectivity index (χ2n) is 5.32. The highest BCUT2D eigenvalue weighted by molar-refractivity contribution is 5.89. The first-order chi connectivity index (χ1) is 9.60. The molecule has 20 heavy (non-hydrogen) atoms. The Balaban J connectivity index is 1.92. The van der Waals surface area contributed by atoms with Crippen LogP contribution in [-0.2, 0) is 4.74 Å². The van der Waals surface area contributed by atoms with Gasteiger partial charge < -0.3 is 21.1 Å². The van der Waals surface area contributed by atoms with Crippen molar-refractivity contribution in [2.24, 2.45) is 5.73 Å². The summed E-state index contributed by atoms with van der Waals surface area (Å²) < 4.78 is 5.37. The lowest BCUT2D eigenvalue weighted by Crippen LogP contribution is -2.42. The summed E-state index contributed by atoms with van der Waals surface area (Å²) in [5, 5.41) is 5.82. The maximum absolute atomic E-state index is 12.0. The Morgan fingerprint density at radius 1 is 1.45 bits per heavy atom. The zero-order valence-electron chi connectivity index (χ0n) is 12.1. The first kappa shape index (κ1) is 14.8. The number of carbonyl (C=O) groups is 1. The van der Waals surface area contributed by atoms with Crippen molar-refractivity contribution in [1.29, 1.82) is 0 Å². The number of anilines is 1. The maximum atomic E-state index is 12.0. The summed E-state index contributed by atoms with van der Waals surface area (Å²) in [6.07, 6.45) is 3.17. The summed E-state index contributed by atoms with van der Waals surface area (Å²) in [5.41, 5.74) is 7.59. The summed E-state index contributed by atoms with van der Waals surface area (Å²) in [7, 11) is 1.69. The van der Waals surface area contributed by atoms with E-state index in [1.54, 1.807) is 7.11 Å². The smallest absolute Gasteiger partial charge is 0.319 e. The van der Waals surface area contributed by atoms with Gasteiger partial charge in [-0.25, -0.2) is 4.79 Å². The molecule has 4 N–H and O–H groups in total. The van der Waals surface area contributed by atoms with Crippen molar-refractivity contribution in [3.05, 3.63) is 29.8 Å². The van der Waals surface area contributed by atoms with Crippen LogP contribution in [0.15, 0.2) is 24.3 Å². The number of hydrogen-bond acceptors (Lipinski definition) is 3. The molecular weight excluding hydrogens is 254 g/mol. The van der Waals surface area contributed by atoms with Gasteiger partial charge in [0.25, 0.3) is 0 Å². The van der Waals surface area contributed by atoms with Gasteiger partial charge in [0.1, 0.15) is 0 Å². The van der Waals surface area contributed by atoms with Gasteiger partial charge in [0.15, 0.2) is 0 Å². The molecule has 1 aliphatic rings. The summed E-state index contributed by atoms with van der Waals surface area (Å²) in [6, 6.07) is 7.44. The molecule has 0 saturated heterocycles. The number of nitrogens with two attached hydrogens (primary N) is 1. The summed E-state index contributed by atoms with van der Waals surface area (Å²) in [4.78, 5) is 12.0. The second-order valence-corrected chi connectivity index (χ2v) is 5.32. The first-order valence-corrected chi connectivity index (χ1v) is 7.06.